The van der Waals surface area contributed by atoms with Crippen LogP contribution in [0.4, 0.5) is 24.7 Å². The van der Waals surface area contributed by atoms with Gasteiger partial charge >= 0.3 is 17.8 Å². The number of esters is 1. The van der Waals surface area contributed by atoms with Crippen LogP contribution in [0.1, 0.15) is 61.9 Å². The normalized spacial score (nSPS) is 11.3. The predicted octanol–water partition coefficient (Wildman–Crippen LogP) is 3.32. The summed E-state index contributed by atoms with van der Waals surface area (Å²) in [7, 11) is 0. The van der Waals surface area contributed by atoms with E-state index in [1.165, 1.54) is 4.57 Å². The van der Waals surface area contributed by atoms with E-state index in [0.717, 1.165) is 48.4 Å². The number of unbranched alkanes of at least 4 members (excludes halogenated alkanes) is 3. The van der Waals surface area contributed by atoms with Gasteiger partial charge in [-0.15, -0.1) is 0 Å². The van der Waals surface area contributed by atoms with E-state index in [2.05, 4.69) is 4.98 Å². The van der Waals surface area contributed by atoms with E-state index in [0.29, 0.717) is 12.8 Å². The Morgan fingerprint density at radius 3 is 2.26 bits per heavy atom. The number of aromatic nitrogens is 2. The molecular weight excluding hydrogens is 469 g/mol. The first-order valence-corrected chi connectivity index (χ1v) is 11.3. The Morgan fingerprint density at radius 1 is 1.06 bits per heavy atom. The number of ether oxygens (including phenoxy) is 1. The van der Waals surface area contributed by atoms with Crippen molar-refractivity contribution in [3.8, 4) is 0 Å². The topological polar surface area (TPSA) is 127 Å². The van der Waals surface area contributed by atoms with Gasteiger partial charge in [0, 0.05) is 13.1 Å². The summed E-state index contributed by atoms with van der Waals surface area (Å²) < 4.78 is 44.3. The highest BCUT2D eigenvalue weighted by Gasteiger charge is 2.30. The zero-order chi connectivity index (χ0) is 26.2. The SMILES string of the molecule is CCCCCN(C(=O)COC(=O)c1ccc(C(F)(F)F)cc1)c1c(N)n(CCCC)c(=O)[nH]c1=O. The van der Waals surface area contributed by atoms with Gasteiger partial charge in [-0.1, -0.05) is 33.1 Å². The second kappa shape index (κ2) is 12.2. The molecule has 0 spiro atoms. The van der Waals surface area contributed by atoms with Crippen molar-refractivity contribution >= 4 is 23.4 Å². The number of benzene rings is 1. The van der Waals surface area contributed by atoms with Crippen LogP contribution in [0, 0.1) is 0 Å². The summed E-state index contributed by atoms with van der Waals surface area (Å²) in [5, 5.41) is 0. The molecule has 0 aliphatic carbocycles. The third-order valence-electron chi connectivity index (χ3n) is 5.28. The third-order valence-corrected chi connectivity index (χ3v) is 5.28. The Kier molecular flexibility index (Phi) is 9.67. The van der Waals surface area contributed by atoms with Crippen LogP contribution < -0.4 is 21.9 Å². The number of nitrogens with one attached hydrogen (secondary N) is 1. The lowest BCUT2D eigenvalue weighted by Crippen LogP contribution is -2.43. The minimum Gasteiger partial charge on any atom is -0.452 e. The lowest BCUT2D eigenvalue weighted by molar-refractivity contribution is -0.137. The van der Waals surface area contributed by atoms with Gasteiger partial charge in [-0.3, -0.25) is 19.1 Å². The first kappa shape index (κ1) is 27.7. The van der Waals surface area contributed by atoms with Crippen molar-refractivity contribution in [3.05, 3.63) is 56.2 Å². The minimum absolute atomic E-state index is 0.0871. The molecule has 1 aromatic heterocycles. The molecule has 9 nitrogen and oxygen atoms in total. The molecule has 0 radical (unpaired) electrons. The molecule has 0 unspecified atom stereocenters. The van der Waals surface area contributed by atoms with Crippen molar-refractivity contribution in [1.82, 2.24) is 9.55 Å². The number of hydrogen-bond acceptors (Lipinski definition) is 6. The van der Waals surface area contributed by atoms with Crippen LogP contribution >= 0.6 is 0 Å². The third kappa shape index (κ3) is 7.20. The van der Waals surface area contributed by atoms with Gasteiger partial charge in [0.05, 0.1) is 11.1 Å². The van der Waals surface area contributed by atoms with Crippen LogP contribution in [-0.4, -0.2) is 34.6 Å². The largest absolute Gasteiger partial charge is 0.452 e. The monoisotopic (exact) mass is 498 g/mol. The number of carbonyl (C=O) groups is 2. The van der Waals surface area contributed by atoms with Crippen LogP contribution in [0.3, 0.4) is 0 Å². The number of halogens is 3. The van der Waals surface area contributed by atoms with Crippen LogP contribution in [0.5, 0.6) is 0 Å². The van der Waals surface area contributed by atoms with Gasteiger partial charge in [-0.05, 0) is 37.1 Å². The van der Waals surface area contributed by atoms with E-state index in [1.54, 1.807) is 0 Å². The minimum atomic E-state index is -4.56. The number of carbonyl (C=O) groups excluding carboxylic acids is 2. The van der Waals surface area contributed by atoms with Crippen molar-refractivity contribution in [3.63, 3.8) is 0 Å². The Bertz CT molecular complexity index is 1140. The van der Waals surface area contributed by atoms with Crippen molar-refractivity contribution in [2.24, 2.45) is 0 Å². The molecule has 12 heteroatoms. The summed E-state index contributed by atoms with van der Waals surface area (Å²) in [5.41, 5.74) is 3.25. The molecule has 2 aromatic rings. The second-order valence-electron chi connectivity index (χ2n) is 7.90. The average Bonchev–Trinajstić information content (AvgIpc) is 2.80. The lowest BCUT2D eigenvalue weighted by atomic mass is 10.1. The first-order valence-electron chi connectivity index (χ1n) is 11.3. The molecule has 0 aliphatic rings. The number of anilines is 2. The quantitative estimate of drug-likeness (QED) is 0.361. The number of nitrogen functional groups attached to an aromatic ring is 1. The fourth-order valence-electron chi connectivity index (χ4n) is 3.34. The van der Waals surface area contributed by atoms with E-state index in [-0.39, 0.29) is 30.2 Å². The second-order valence-corrected chi connectivity index (χ2v) is 7.90. The number of nitrogens with zero attached hydrogens (tertiary/aromatic N) is 2. The standard InChI is InChI=1S/C23H29F3N4O5/c1-3-5-7-13-29(18-19(27)30(12-6-4-2)22(34)28-20(18)32)17(31)14-35-21(33)15-8-10-16(11-9-15)23(24,25)26/h8-11H,3-7,12-14,27H2,1-2H3,(H,28,32,34). The molecule has 1 amide bonds. The number of alkyl halides is 3. The van der Waals surface area contributed by atoms with Gasteiger partial charge in [-0.25, -0.2) is 9.59 Å². The smallest absolute Gasteiger partial charge is 0.416 e. The molecule has 35 heavy (non-hydrogen) atoms. The number of rotatable bonds is 11. The zero-order valence-corrected chi connectivity index (χ0v) is 19.6. The molecule has 0 fully saturated rings. The molecule has 0 aliphatic heterocycles. The number of amides is 1. The molecule has 3 N–H and O–H groups in total. The number of nitrogens with two attached hydrogens (primary N) is 1. The highest BCUT2D eigenvalue weighted by molar-refractivity contribution is 5.98. The van der Waals surface area contributed by atoms with Crippen molar-refractivity contribution in [2.75, 3.05) is 23.8 Å². The van der Waals surface area contributed by atoms with Gasteiger partial charge in [0.1, 0.15) is 5.82 Å². The average molecular weight is 499 g/mol. The molecule has 2 rings (SSSR count). The van der Waals surface area contributed by atoms with Crippen molar-refractivity contribution in [2.45, 2.75) is 58.7 Å². The van der Waals surface area contributed by atoms with E-state index in [4.69, 9.17) is 10.5 Å². The Morgan fingerprint density at radius 2 is 1.69 bits per heavy atom. The van der Waals surface area contributed by atoms with Gasteiger partial charge in [0.2, 0.25) is 0 Å². The molecule has 1 aromatic carbocycles. The van der Waals surface area contributed by atoms with Crippen LogP contribution in [0.2, 0.25) is 0 Å². The number of H-pyrrole nitrogens is 1. The number of aromatic amines is 1. The molecular formula is C23H29F3N4O5. The van der Waals surface area contributed by atoms with Crippen LogP contribution in [0.15, 0.2) is 33.9 Å². The Balaban J connectivity index is 2.27. The summed E-state index contributed by atoms with van der Waals surface area (Å²) >= 11 is 0. The fourth-order valence-corrected chi connectivity index (χ4v) is 3.34. The summed E-state index contributed by atoms with van der Waals surface area (Å²) in [6, 6.07) is 3.35. The first-order chi connectivity index (χ1) is 16.5. The van der Waals surface area contributed by atoms with Crippen LogP contribution in [0.25, 0.3) is 0 Å². The van der Waals surface area contributed by atoms with Crippen LogP contribution in [-0.2, 0) is 22.3 Å². The maximum absolute atomic E-state index is 13.0. The van der Waals surface area contributed by atoms with E-state index >= 15 is 0 Å². The van der Waals surface area contributed by atoms with E-state index in [9.17, 15) is 32.3 Å². The summed E-state index contributed by atoms with van der Waals surface area (Å²) in [6.07, 6.45) is -1.10. The molecule has 0 atom stereocenters. The van der Waals surface area contributed by atoms with Gasteiger partial charge < -0.3 is 15.4 Å². The van der Waals surface area contributed by atoms with E-state index in [1.807, 2.05) is 13.8 Å². The van der Waals surface area contributed by atoms with Gasteiger partial charge in [-0.2, -0.15) is 13.2 Å². The Hall–Kier alpha value is -3.57. The predicted molar refractivity (Wildman–Crippen MR) is 124 cm³/mol. The van der Waals surface area contributed by atoms with Gasteiger partial charge in [0.25, 0.3) is 11.5 Å². The highest BCUT2D eigenvalue weighted by atomic mass is 19.4. The summed E-state index contributed by atoms with van der Waals surface area (Å²) in [6.45, 7) is 3.41. The molecule has 0 saturated carbocycles. The summed E-state index contributed by atoms with van der Waals surface area (Å²) in [4.78, 5) is 53.3. The molecule has 0 bridgehead atoms. The maximum atomic E-state index is 13.0. The van der Waals surface area contributed by atoms with E-state index < -0.39 is 41.5 Å². The fraction of sp³-hybridized carbons (Fsp3) is 0.478. The van der Waals surface area contributed by atoms with Crippen molar-refractivity contribution < 1.29 is 27.5 Å². The molecule has 192 valence electrons. The van der Waals surface area contributed by atoms with Gasteiger partial charge in [0.15, 0.2) is 12.3 Å². The Labute approximate surface area is 199 Å². The highest BCUT2D eigenvalue weighted by Crippen LogP contribution is 2.29. The maximum Gasteiger partial charge on any atom is 0.416 e. The van der Waals surface area contributed by atoms with Crippen molar-refractivity contribution in [1.29, 1.82) is 0 Å². The lowest BCUT2D eigenvalue weighted by Gasteiger charge is -2.24. The zero-order valence-electron chi connectivity index (χ0n) is 19.6. The number of hydrogen-bond donors (Lipinski definition) is 2. The molecule has 0 saturated heterocycles. The summed E-state index contributed by atoms with van der Waals surface area (Å²) in [5.74, 6) is -1.94. The molecule has 1 heterocycles.